The first kappa shape index (κ1) is 20.5. The molecule has 0 radical (unpaired) electrons. The average molecular weight is 413 g/mol. The maximum absolute atomic E-state index is 12.9. The highest BCUT2D eigenvalue weighted by Gasteiger charge is 2.40. The molecule has 0 bridgehead atoms. The molecule has 3 aliphatic rings. The average Bonchev–Trinajstić information content (AvgIpc) is 3.39. The van der Waals surface area contributed by atoms with Gasteiger partial charge in [0.2, 0.25) is 5.91 Å². The summed E-state index contributed by atoms with van der Waals surface area (Å²) in [6.07, 6.45) is 6.08. The predicted molar refractivity (Wildman–Crippen MR) is 108 cm³/mol. The first-order chi connectivity index (χ1) is 14.6. The number of hydrogen-bond donors (Lipinski definition) is 2. The zero-order valence-corrected chi connectivity index (χ0v) is 16.9. The molecule has 1 aliphatic carbocycles. The minimum atomic E-state index is -0.395. The van der Waals surface area contributed by atoms with Gasteiger partial charge < -0.3 is 15.4 Å². The van der Waals surface area contributed by atoms with Crippen LogP contribution in [0.5, 0.6) is 0 Å². The summed E-state index contributed by atoms with van der Waals surface area (Å²) in [7, 11) is 0. The van der Waals surface area contributed by atoms with E-state index in [0.29, 0.717) is 29.8 Å². The number of benzene rings is 1. The van der Waals surface area contributed by atoms with E-state index in [1.807, 2.05) is 0 Å². The Kier molecular flexibility index (Phi) is 6.13. The zero-order valence-electron chi connectivity index (χ0n) is 16.9. The molecule has 8 heteroatoms. The minimum Gasteiger partial charge on any atom is -0.368 e. The number of amides is 4. The van der Waals surface area contributed by atoms with Gasteiger partial charge in [0, 0.05) is 31.3 Å². The molecule has 8 nitrogen and oxygen atoms in total. The van der Waals surface area contributed by atoms with E-state index in [-0.39, 0.29) is 36.2 Å². The third-order valence-electron chi connectivity index (χ3n) is 6.05. The Labute approximate surface area is 175 Å². The Morgan fingerprint density at radius 1 is 0.933 bits per heavy atom. The molecule has 1 aromatic rings. The zero-order chi connectivity index (χ0) is 21.1. The van der Waals surface area contributed by atoms with Crippen molar-refractivity contribution in [2.24, 2.45) is 0 Å². The van der Waals surface area contributed by atoms with Gasteiger partial charge in [-0.25, -0.2) is 0 Å². The van der Waals surface area contributed by atoms with E-state index in [4.69, 9.17) is 4.74 Å². The number of imide groups is 1. The van der Waals surface area contributed by atoms with Crippen molar-refractivity contribution in [2.75, 3.05) is 19.7 Å². The van der Waals surface area contributed by atoms with Crippen molar-refractivity contribution in [3.8, 4) is 0 Å². The van der Waals surface area contributed by atoms with Crippen molar-refractivity contribution >= 4 is 23.6 Å². The molecule has 1 aromatic carbocycles. The summed E-state index contributed by atoms with van der Waals surface area (Å²) in [6, 6.07) is 4.58. The van der Waals surface area contributed by atoms with Gasteiger partial charge in [0.15, 0.2) is 0 Å². The summed E-state index contributed by atoms with van der Waals surface area (Å²) in [5.41, 5.74) is 0.988. The van der Waals surface area contributed by atoms with Crippen LogP contribution in [0.1, 0.15) is 76.0 Å². The summed E-state index contributed by atoms with van der Waals surface area (Å²) in [5.74, 6) is -1.07. The van der Waals surface area contributed by atoms with E-state index in [1.165, 1.54) is 11.0 Å². The van der Waals surface area contributed by atoms with Gasteiger partial charge in [-0.2, -0.15) is 0 Å². The van der Waals surface area contributed by atoms with Crippen molar-refractivity contribution in [3.63, 3.8) is 0 Å². The van der Waals surface area contributed by atoms with Crippen LogP contribution < -0.4 is 10.6 Å². The lowest BCUT2D eigenvalue weighted by Crippen LogP contribution is -2.40. The molecular weight excluding hydrogens is 386 g/mol. The molecule has 1 saturated heterocycles. The summed E-state index contributed by atoms with van der Waals surface area (Å²) < 4.78 is 5.31. The number of fused-ring (bicyclic) bond motifs is 1. The van der Waals surface area contributed by atoms with Crippen LogP contribution >= 0.6 is 0 Å². The molecule has 4 rings (SSSR count). The fourth-order valence-electron chi connectivity index (χ4n) is 4.43. The molecule has 30 heavy (non-hydrogen) atoms. The fourth-order valence-corrected chi connectivity index (χ4v) is 4.43. The van der Waals surface area contributed by atoms with Gasteiger partial charge in [0.1, 0.15) is 6.10 Å². The Morgan fingerprint density at radius 2 is 1.67 bits per heavy atom. The second kappa shape index (κ2) is 8.95. The van der Waals surface area contributed by atoms with E-state index in [9.17, 15) is 19.2 Å². The molecule has 2 heterocycles. The van der Waals surface area contributed by atoms with Gasteiger partial charge in [-0.3, -0.25) is 24.1 Å². The fraction of sp³-hybridized carbons (Fsp3) is 0.545. The van der Waals surface area contributed by atoms with Gasteiger partial charge in [0.05, 0.1) is 11.1 Å². The number of carbonyl (C=O) groups is 4. The van der Waals surface area contributed by atoms with Crippen molar-refractivity contribution in [2.45, 2.75) is 57.1 Å². The molecule has 160 valence electrons. The van der Waals surface area contributed by atoms with Crippen molar-refractivity contribution in [3.05, 3.63) is 34.9 Å². The summed E-state index contributed by atoms with van der Waals surface area (Å²) in [5, 5.41) is 5.48. The van der Waals surface area contributed by atoms with Gasteiger partial charge in [-0.1, -0.05) is 19.3 Å². The van der Waals surface area contributed by atoms with E-state index >= 15 is 0 Å². The largest absolute Gasteiger partial charge is 0.368 e. The lowest BCUT2D eigenvalue weighted by Gasteiger charge is -2.29. The highest BCUT2D eigenvalue weighted by Crippen LogP contribution is 2.31. The molecule has 2 aliphatic heterocycles. The smallest absolute Gasteiger partial charge is 0.261 e. The van der Waals surface area contributed by atoms with Crippen LogP contribution in [0.25, 0.3) is 0 Å². The van der Waals surface area contributed by atoms with Crippen LogP contribution in [0.15, 0.2) is 18.2 Å². The summed E-state index contributed by atoms with van der Waals surface area (Å²) in [6.45, 7) is 1.16. The van der Waals surface area contributed by atoms with Crippen LogP contribution in [0, 0.1) is 0 Å². The molecular formula is C22H27N3O5. The Bertz CT molecular complexity index is 856. The standard InChI is InChI=1S/C22H27N3O5/c26-19(23-10-11-24-20(27)18-7-4-12-30-18)14-8-9-16-17(13-14)22(29)25(21(16)28)15-5-2-1-3-6-15/h8-9,13,15,18H,1-7,10-12H2,(H,23,26)(H,24,27). The van der Waals surface area contributed by atoms with Crippen LogP contribution in [-0.4, -0.2) is 60.4 Å². The first-order valence-electron chi connectivity index (χ1n) is 10.8. The quantitative estimate of drug-likeness (QED) is 0.545. The molecule has 0 aromatic heterocycles. The van der Waals surface area contributed by atoms with E-state index in [0.717, 1.165) is 44.9 Å². The second-order valence-electron chi connectivity index (χ2n) is 8.08. The molecule has 1 unspecified atom stereocenters. The van der Waals surface area contributed by atoms with Crippen LogP contribution in [0.2, 0.25) is 0 Å². The van der Waals surface area contributed by atoms with Crippen LogP contribution in [0.3, 0.4) is 0 Å². The molecule has 1 saturated carbocycles. The Balaban J connectivity index is 1.33. The number of ether oxygens (including phenoxy) is 1. The molecule has 2 fully saturated rings. The molecule has 4 amide bonds. The van der Waals surface area contributed by atoms with Gasteiger partial charge >= 0.3 is 0 Å². The second-order valence-corrected chi connectivity index (χ2v) is 8.08. The molecule has 2 N–H and O–H groups in total. The van der Waals surface area contributed by atoms with E-state index in [2.05, 4.69) is 10.6 Å². The molecule has 1 atom stereocenters. The monoisotopic (exact) mass is 413 g/mol. The first-order valence-corrected chi connectivity index (χ1v) is 10.8. The van der Waals surface area contributed by atoms with Crippen molar-refractivity contribution < 1.29 is 23.9 Å². The SMILES string of the molecule is O=C(NCCNC(=O)C1CCCO1)c1ccc2c(c1)C(=O)N(C1CCCCC1)C2=O. The predicted octanol–water partition coefficient (Wildman–Crippen LogP) is 1.64. The normalized spacial score (nSPS) is 21.6. The summed E-state index contributed by atoms with van der Waals surface area (Å²) in [4.78, 5) is 51.3. The number of nitrogens with one attached hydrogen (secondary N) is 2. The third-order valence-corrected chi connectivity index (χ3v) is 6.05. The molecule has 0 spiro atoms. The number of nitrogens with zero attached hydrogens (tertiary/aromatic N) is 1. The van der Waals surface area contributed by atoms with Gasteiger partial charge in [0.25, 0.3) is 17.7 Å². The lowest BCUT2D eigenvalue weighted by atomic mass is 9.94. The minimum absolute atomic E-state index is 0.0455. The highest BCUT2D eigenvalue weighted by molar-refractivity contribution is 6.22. The van der Waals surface area contributed by atoms with Crippen molar-refractivity contribution in [1.82, 2.24) is 15.5 Å². The van der Waals surface area contributed by atoms with Crippen molar-refractivity contribution in [1.29, 1.82) is 0 Å². The highest BCUT2D eigenvalue weighted by atomic mass is 16.5. The number of hydrogen-bond acceptors (Lipinski definition) is 5. The Morgan fingerprint density at radius 3 is 2.40 bits per heavy atom. The number of carbonyl (C=O) groups excluding carboxylic acids is 4. The maximum Gasteiger partial charge on any atom is 0.261 e. The van der Waals surface area contributed by atoms with Gasteiger partial charge in [-0.15, -0.1) is 0 Å². The van der Waals surface area contributed by atoms with Gasteiger partial charge in [-0.05, 0) is 43.9 Å². The third kappa shape index (κ3) is 4.09. The maximum atomic E-state index is 12.9. The van der Waals surface area contributed by atoms with E-state index in [1.54, 1.807) is 12.1 Å². The summed E-state index contributed by atoms with van der Waals surface area (Å²) >= 11 is 0. The van der Waals surface area contributed by atoms with Crippen LogP contribution in [0.4, 0.5) is 0 Å². The Hall–Kier alpha value is -2.74. The van der Waals surface area contributed by atoms with E-state index < -0.39 is 6.10 Å². The lowest BCUT2D eigenvalue weighted by molar-refractivity contribution is -0.129. The number of rotatable bonds is 6. The topological polar surface area (TPSA) is 105 Å². The van der Waals surface area contributed by atoms with Crippen LogP contribution in [-0.2, 0) is 9.53 Å².